The normalized spacial score (nSPS) is 31.5. The molecule has 4 saturated carbocycles. The average molecular weight is 786 g/mol. The molecule has 9 rings (SSSR count). The van der Waals surface area contributed by atoms with Crippen LogP contribution in [0.3, 0.4) is 0 Å². The van der Waals surface area contributed by atoms with Crippen molar-refractivity contribution in [1.29, 1.82) is 0 Å². The number of carbonyl (C=O) groups is 2. The van der Waals surface area contributed by atoms with E-state index >= 15 is 0 Å². The Balaban J connectivity index is 1.01. The molecular weight excluding hydrogens is 737 g/mol. The Morgan fingerprint density at radius 2 is 1.73 bits per heavy atom. The highest BCUT2D eigenvalue weighted by Gasteiger charge is 2.57. The number of aromatic nitrogens is 3. The maximum atomic E-state index is 14.8. The van der Waals surface area contributed by atoms with Crippen molar-refractivity contribution in [3.8, 4) is 17.1 Å². The van der Waals surface area contributed by atoms with E-state index in [-0.39, 0.29) is 66.7 Å². The van der Waals surface area contributed by atoms with Crippen molar-refractivity contribution >= 4 is 22.8 Å². The minimum absolute atomic E-state index is 0.0608. The monoisotopic (exact) mass is 785 g/mol. The molecule has 1 spiro atoms. The van der Waals surface area contributed by atoms with Crippen LogP contribution in [0.25, 0.3) is 22.3 Å². The number of nitrogens with zero attached hydrogens (tertiary/aromatic N) is 4. The third-order valence-electron chi connectivity index (χ3n) is 14.0. The van der Waals surface area contributed by atoms with E-state index in [1.54, 1.807) is 18.3 Å². The van der Waals surface area contributed by atoms with E-state index in [2.05, 4.69) is 19.9 Å². The van der Waals surface area contributed by atoms with E-state index in [0.29, 0.717) is 29.5 Å². The summed E-state index contributed by atoms with van der Waals surface area (Å²) in [5, 5.41) is 13.5. The van der Waals surface area contributed by atoms with Gasteiger partial charge in [-0.3, -0.25) is 9.69 Å². The molecule has 2 aromatic heterocycles. The summed E-state index contributed by atoms with van der Waals surface area (Å²) in [5.74, 6) is -4.62. The predicted molar refractivity (Wildman–Crippen MR) is 194 cm³/mol. The van der Waals surface area contributed by atoms with E-state index in [1.165, 1.54) is 0 Å². The molecule has 1 amide bonds. The van der Waals surface area contributed by atoms with Crippen molar-refractivity contribution in [3.05, 3.63) is 41.9 Å². The van der Waals surface area contributed by atoms with E-state index < -0.39 is 40.8 Å². The number of nitrogens with one attached hydrogen (secondary N) is 1. The first-order chi connectivity index (χ1) is 26.6. The number of alkyl halides is 5. The van der Waals surface area contributed by atoms with Gasteiger partial charge in [-0.25, -0.2) is 23.5 Å². The van der Waals surface area contributed by atoms with Gasteiger partial charge in [0, 0.05) is 46.9 Å². The molecule has 2 N–H and O–H groups in total. The van der Waals surface area contributed by atoms with Gasteiger partial charge in [-0.15, -0.1) is 0 Å². The van der Waals surface area contributed by atoms with E-state index in [4.69, 9.17) is 9.47 Å². The molecule has 2 saturated heterocycles. The second-order valence-corrected chi connectivity index (χ2v) is 17.9. The Labute approximate surface area is 321 Å². The maximum Gasteiger partial charge on any atom is 0.434 e. The van der Waals surface area contributed by atoms with Crippen LogP contribution in [0.15, 0.2) is 30.6 Å². The lowest BCUT2D eigenvalue weighted by molar-refractivity contribution is -0.151. The molecule has 4 atom stereocenters. The molecule has 4 aliphatic carbocycles. The highest BCUT2D eigenvalue weighted by molar-refractivity contribution is 6.00. The van der Waals surface area contributed by atoms with Crippen LogP contribution in [0, 0.1) is 23.2 Å². The quantitative estimate of drug-likeness (QED) is 0.222. The number of rotatable bonds is 8. The van der Waals surface area contributed by atoms with Gasteiger partial charge in [-0.2, -0.15) is 13.2 Å². The van der Waals surface area contributed by atoms with Gasteiger partial charge < -0.3 is 24.5 Å². The minimum Gasteiger partial charge on any atom is -0.490 e. The number of carbonyl (C=O) groups excluding carboxylic acids is 1. The number of hydrogen-bond acceptors (Lipinski definition) is 7. The van der Waals surface area contributed by atoms with Gasteiger partial charge in [-0.05, 0) is 107 Å². The number of carboxylic acid groups (broad SMARTS) is 1. The van der Waals surface area contributed by atoms with Crippen molar-refractivity contribution in [2.75, 3.05) is 26.3 Å². The summed E-state index contributed by atoms with van der Waals surface area (Å²) in [7, 11) is 0. The number of likely N-dealkylation sites (tertiary alicyclic amines) is 1. The molecule has 6 aliphatic rings. The predicted octanol–water partition coefficient (Wildman–Crippen LogP) is 7.90. The van der Waals surface area contributed by atoms with Gasteiger partial charge in [-0.1, -0.05) is 6.92 Å². The van der Waals surface area contributed by atoms with Crippen LogP contribution in [0.5, 0.6) is 5.75 Å². The van der Waals surface area contributed by atoms with Gasteiger partial charge in [0.15, 0.2) is 11.5 Å². The van der Waals surface area contributed by atoms with Crippen LogP contribution >= 0.6 is 0 Å². The zero-order chi connectivity index (χ0) is 39.2. The number of halogens is 5. The Kier molecular flexibility index (Phi) is 9.18. The van der Waals surface area contributed by atoms with Gasteiger partial charge >= 0.3 is 12.1 Å². The molecule has 4 unspecified atom stereocenters. The highest BCUT2D eigenvalue weighted by atomic mass is 19.4. The number of ether oxygens (including phenoxy) is 2. The number of fused-ring (bicyclic) bond motifs is 3. The molecule has 1 aromatic carbocycles. The standard InChI is InChI=1S/C41H48F5N5O5/c1-23-12-24-14-25(13-23)40(16-24,37(53)54)49-36(52)31-17-47-35(48-34(31)41(44,45)46)32-18-51(27-8-10-38(11-9-27)21-55-22-38)33-15-29(6-7-30(32)33)56-28-4-2-26(3-5-28)50-19-39(42,43)20-50/h6-7,15,17-18,23-28H,2-5,8-14,16,19-22H2,1H3,(H,49,52)(H,53,54). The fourth-order valence-corrected chi connectivity index (χ4v) is 11.1. The van der Waals surface area contributed by atoms with Crippen LogP contribution in [-0.4, -0.2) is 86.3 Å². The first-order valence-electron chi connectivity index (χ1n) is 20.1. The van der Waals surface area contributed by atoms with E-state index in [1.807, 2.05) is 17.9 Å². The smallest absolute Gasteiger partial charge is 0.434 e. The Bertz CT molecular complexity index is 2010. The molecule has 302 valence electrons. The Morgan fingerprint density at radius 1 is 1.00 bits per heavy atom. The fraction of sp³-hybridized carbons (Fsp3) is 0.659. The topological polar surface area (TPSA) is 119 Å². The second kappa shape index (κ2) is 13.6. The summed E-state index contributed by atoms with van der Waals surface area (Å²) in [6, 6.07) is 5.69. The summed E-state index contributed by atoms with van der Waals surface area (Å²) < 4.78 is 85.5. The third-order valence-corrected chi connectivity index (χ3v) is 14.0. The molecule has 3 aromatic rings. The van der Waals surface area contributed by atoms with Crippen molar-refractivity contribution in [2.45, 2.75) is 120 Å². The number of hydrogen-bond donors (Lipinski definition) is 2. The van der Waals surface area contributed by atoms with Crippen LogP contribution in [0.1, 0.15) is 106 Å². The molecular formula is C41H48F5N5O5. The average Bonchev–Trinajstić information content (AvgIpc) is 3.63. The summed E-state index contributed by atoms with van der Waals surface area (Å²) in [6.07, 6.45) is 6.35. The Hall–Kier alpha value is -3.85. The lowest BCUT2D eigenvalue weighted by atomic mass is 9.71. The number of amides is 1. The van der Waals surface area contributed by atoms with E-state index in [9.17, 15) is 36.6 Å². The van der Waals surface area contributed by atoms with E-state index in [0.717, 1.165) is 82.7 Å². The lowest BCUT2D eigenvalue weighted by Crippen LogP contribution is -2.60. The SMILES string of the molecule is CC1CC2CC(C1)C(NC(=O)c1cnc(-c3cn(C4CCC5(CC4)COC5)c4cc(OC5CCC(N6CC(F)(F)C6)CC5)ccc34)nc1C(F)(F)F)(C(=O)O)C2. The lowest BCUT2D eigenvalue weighted by Gasteiger charge is -2.46. The molecule has 2 bridgehead atoms. The summed E-state index contributed by atoms with van der Waals surface area (Å²) in [5.41, 5.74) is -2.56. The number of aliphatic carboxylic acids is 1. The van der Waals surface area contributed by atoms with Crippen LogP contribution in [0.2, 0.25) is 0 Å². The van der Waals surface area contributed by atoms with Crippen molar-refractivity contribution in [1.82, 2.24) is 24.8 Å². The summed E-state index contributed by atoms with van der Waals surface area (Å²) in [6.45, 7) is 3.12. The summed E-state index contributed by atoms with van der Waals surface area (Å²) >= 11 is 0. The molecule has 15 heteroatoms. The zero-order valence-corrected chi connectivity index (χ0v) is 31.4. The molecule has 6 fully saturated rings. The molecule has 4 heterocycles. The van der Waals surface area contributed by atoms with Crippen LogP contribution in [0.4, 0.5) is 22.0 Å². The minimum atomic E-state index is -5.03. The van der Waals surface area contributed by atoms with Gasteiger partial charge in [0.1, 0.15) is 11.3 Å². The summed E-state index contributed by atoms with van der Waals surface area (Å²) in [4.78, 5) is 36.6. The fourth-order valence-electron chi connectivity index (χ4n) is 11.1. The Morgan fingerprint density at radius 3 is 2.38 bits per heavy atom. The largest absolute Gasteiger partial charge is 0.490 e. The zero-order valence-electron chi connectivity index (χ0n) is 31.4. The van der Waals surface area contributed by atoms with Gasteiger partial charge in [0.25, 0.3) is 11.8 Å². The third kappa shape index (κ3) is 6.73. The van der Waals surface area contributed by atoms with Crippen molar-refractivity contribution in [3.63, 3.8) is 0 Å². The van der Waals surface area contributed by atoms with Crippen molar-refractivity contribution in [2.24, 2.45) is 23.2 Å². The number of carboxylic acids is 1. The highest BCUT2D eigenvalue weighted by Crippen LogP contribution is 2.51. The molecule has 10 nitrogen and oxygen atoms in total. The molecule has 56 heavy (non-hydrogen) atoms. The van der Waals surface area contributed by atoms with Crippen LogP contribution in [-0.2, 0) is 15.7 Å². The molecule has 2 aliphatic heterocycles. The van der Waals surface area contributed by atoms with Gasteiger partial charge in [0.05, 0.1) is 43.5 Å². The van der Waals surface area contributed by atoms with Crippen molar-refractivity contribution < 1.29 is 46.1 Å². The maximum absolute atomic E-state index is 14.8. The van der Waals surface area contributed by atoms with Crippen LogP contribution < -0.4 is 10.1 Å². The van der Waals surface area contributed by atoms with Gasteiger partial charge in [0.2, 0.25) is 0 Å². The number of benzene rings is 1. The molecule has 0 radical (unpaired) electrons. The first kappa shape index (κ1) is 37.7. The first-order valence-corrected chi connectivity index (χ1v) is 20.1. The second-order valence-electron chi connectivity index (χ2n) is 17.9.